The molecule has 0 radical (unpaired) electrons. The number of nitrogens with zero attached hydrogens (tertiary/aromatic N) is 2. The van der Waals surface area contributed by atoms with Crippen molar-refractivity contribution in [2.45, 2.75) is 31.9 Å². The van der Waals surface area contributed by atoms with E-state index in [0.717, 1.165) is 13.1 Å². The summed E-state index contributed by atoms with van der Waals surface area (Å²) < 4.78 is 5.30. The highest BCUT2D eigenvalue weighted by molar-refractivity contribution is 5.86. The van der Waals surface area contributed by atoms with E-state index in [9.17, 15) is 9.90 Å². The van der Waals surface area contributed by atoms with E-state index >= 15 is 0 Å². The molecule has 5 heteroatoms. The van der Waals surface area contributed by atoms with Crippen molar-refractivity contribution >= 4 is 5.91 Å². The van der Waals surface area contributed by atoms with E-state index in [2.05, 4.69) is 4.90 Å². The Kier molecular flexibility index (Phi) is 3.18. The minimum absolute atomic E-state index is 0.103. The molecule has 2 aliphatic heterocycles. The third kappa shape index (κ3) is 2.46. The number of rotatable bonds is 2. The number of ether oxygens (including phenoxy) is 1. The second kappa shape index (κ2) is 4.23. The first-order valence-electron chi connectivity index (χ1n) is 6.17. The fourth-order valence-corrected chi connectivity index (χ4v) is 2.56. The van der Waals surface area contributed by atoms with Gasteiger partial charge in [-0.25, -0.2) is 0 Å². The van der Waals surface area contributed by atoms with E-state index in [0.29, 0.717) is 26.3 Å². The summed E-state index contributed by atoms with van der Waals surface area (Å²) >= 11 is 0. The molecule has 0 aromatic carbocycles. The Hall–Kier alpha value is -0.650. The van der Waals surface area contributed by atoms with Crippen LogP contribution in [-0.2, 0) is 9.53 Å². The van der Waals surface area contributed by atoms with E-state index in [1.54, 1.807) is 11.8 Å². The van der Waals surface area contributed by atoms with Gasteiger partial charge in [0.1, 0.15) is 0 Å². The maximum absolute atomic E-state index is 12.4. The summed E-state index contributed by atoms with van der Waals surface area (Å²) in [7, 11) is 0. The zero-order chi connectivity index (χ0) is 12.7. The highest BCUT2D eigenvalue weighted by atomic mass is 16.5. The summed E-state index contributed by atoms with van der Waals surface area (Å²) in [5, 5.41) is 9.68. The molecular formula is C12H22N2O3. The average Bonchev–Trinajstić information content (AvgIpc) is 2.26. The minimum atomic E-state index is -0.698. The lowest BCUT2D eigenvalue weighted by Crippen LogP contribution is -2.68. The Morgan fingerprint density at radius 3 is 2.29 bits per heavy atom. The molecule has 0 unspecified atom stereocenters. The van der Waals surface area contributed by atoms with Crippen LogP contribution in [0, 0.1) is 0 Å². The summed E-state index contributed by atoms with van der Waals surface area (Å²) in [6, 6.07) is 0. The van der Waals surface area contributed by atoms with Gasteiger partial charge >= 0.3 is 0 Å². The highest BCUT2D eigenvalue weighted by Gasteiger charge is 2.46. The third-order valence-electron chi connectivity index (χ3n) is 3.68. The van der Waals surface area contributed by atoms with Gasteiger partial charge in [-0.2, -0.15) is 0 Å². The molecule has 0 aromatic rings. The summed E-state index contributed by atoms with van der Waals surface area (Å²) in [4.78, 5) is 16.3. The van der Waals surface area contributed by atoms with Crippen molar-refractivity contribution in [3.8, 4) is 0 Å². The number of aliphatic hydroxyl groups is 1. The molecule has 0 saturated carbocycles. The van der Waals surface area contributed by atoms with E-state index in [1.165, 1.54) is 0 Å². The van der Waals surface area contributed by atoms with Gasteiger partial charge in [-0.05, 0) is 20.8 Å². The lowest BCUT2D eigenvalue weighted by atomic mass is 9.91. The fourth-order valence-electron chi connectivity index (χ4n) is 2.56. The first-order chi connectivity index (χ1) is 7.83. The largest absolute Gasteiger partial charge is 0.386 e. The van der Waals surface area contributed by atoms with Crippen LogP contribution in [0.25, 0.3) is 0 Å². The number of carbonyl (C=O) groups is 1. The summed E-state index contributed by atoms with van der Waals surface area (Å²) in [5.41, 5.74) is -1.20. The first kappa shape index (κ1) is 12.8. The Bertz CT molecular complexity index is 301. The van der Waals surface area contributed by atoms with Crippen LogP contribution in [0.2, 0.25) is 0 Å². The van der Waals surface area contributed by atoms with Crippen LogP contribution in [0.4, 0.5) is 0 Å². The number of hydrogen-bond donors (Lipinski definition) is 1. The van der Waals surface area contributed by atoms with E-state index in [-0.39, 0.29) is 5.91 Å². The van der Waals surface area contributed by atoms with Crippen molar-refractivity contribution in [3.05, 3.63) is 0 Å². The molecule has 2 rings (SSSR count). The Labute approximate surface area is 102 Å². The SMILES string of the molecule is CC1(O)CN(C(=O)C(C)(C)N2CCOCC2)C1. The van der Waals surface area contributed by atoms with Gasteiger partial charge in [0.15, 0.2) is 0 Å². The molecular weight excluding hydrogens is 220 g/mol. The van der Waals surface area contributed by atoms with Crippen molar-refractivity contribution in [2.24, 2.45) is 0 Å². The molecule has 2 fully saturated rings. The maximum Gasteiger partial charge on any atom is 0.242 e. The average molecular weight is 242 g/mol. The Balaban J connectivity index is 1.97. The van der Waals surface area contributed by atoms with Crippen LogP contribution in [0.15, 0.2) is 0 Å². The van der Waals surface area contributed by atoms with Crippen molar-refractivity contribution in [3.63, 3.8) is 0 Å². The minimum Gasteiger partial charge on any atom is -0.386 e. The topological polar surface area (TPSA) is 53.0 Å². The number of hydrogen-bond acceptors (Lipinski definition) is 4. The third-order valence-corrected chi connectivity index (χ3v) is 3.68. The predicted octanol–water partition coefficient (Wildman–Crippen LogP) is -0.310. The number of β-amino-alcohol motifs (C(OH)–C–C–N with tert-alkyl or cyclic N) is 1. The number of likely N-dealkylation sites (tertiary alicyclic amines) is 1. The van der Waals surface area contributed by atoms with E-state index in [1.807, 2.05) is 13.8 Å². The molecule has 1 amide bonds. The number of amides is 1. The maximum atomic E-state index is 12.4. The Morgan fingerprint density at radius 2 is 1.82 bits per heavy atom. The standard InChI is InChI=1S/C12H22N2O3/c1-11(2,14-4-6-17-7-5-14)10(15)13-8-12(3,16)9-13/h16H,4-9H2,1-3H3. The summed E-state index contributed by atoms with van der Waals surface area (Å²) in [5.74, 6) is 0.103. The van der Waals surface area contributed by atoms with Crippen LogP contribution in [-0.4, -0.2) is 71.3 Å². The molecule has 1 N–H and O–H groups in total. The van der Waals surface area contributed by atoms with Gasteiger partial charge in [0, 0.05) is 13.1 Å². The molecule has 2 aliphatic rings. The first-order valence-corrected chi connectivity index (χ1v) is 6.17. The highest BCUT2D eigenvalue weighted by Crippen LogP contribution is 2.26. The van der Waals surface area contributed by atoms with E-state index < -0.39 is 11.1 Å². The molecule has 0 atom stereocenters. The molecule has 5 nitrogen and oxygen atoms in total. The zero-order valence-electron chi connectivity index (χ0n) is 10.9. The lowest BCUT2D eigenvalue weighted by Gasteiger charge is -2.49. The van der Waals surface area contributed by atoms with Crippen molar-refractivity contribution < 1.29 is 14.6 Å². The Morgan fingerprint density at radius 1 is 1.29 bits per heavy atom. The smallest absolute Gasteiger partial charge is 0.242 e. The van der Waals surface area contributed by atoms with Crippen molar-refractivity contribution in [1.29, 1.82) is 0 Å². The number of morpholine rings is 1. The van der Waals surface area contributed by atoms with Gasteiger partial charge in [0.2, 0.25) is 5.91 Å². The molecule has 2 heterocycles. The normalized spacial score (nSPS) is 25.5. The molecule has 2 saturated heterocycles. The fraction of sp³-hybridized carbons (Fsp3) is 0.917. The lowest BCUT2D eigenvalue weighted by molar-refractivity contribution is -0.165. The summed E-state index contributed by atoms with van der Waals surface area (Å²) in [6.07, 6.45) is 0. The zero-order valence-corrected chi connectivity index (χ0v) is 10.9. The molecule has 17 heavy (non-hydrogen) atoms. The molecule has 0 aliphatic carbocycles. The van der Waals surface area contributed by atoms with Gasteiger partial charge in [-0.1, -0.05) is 0 Å². The van der Waals surface area contributed by atoms with Gasteiger partial charge in [0.25, 0.3) is 0 Å². The van der Waals surface area contributed by atoms with Crippen LogP contribution in [0.3, 0.4) is 0 Å². The monoisotopic (exact) mass is 242 g/mol. The van der Waals surface area contributed by atoms with Gasteiger partial charge < -0.3 is 14.7 Å². The van der Waals surface area contributed by atoms with Crippen LogP contribution in [0.5, 0.6) is 0 Å². The van der Waals surface area contributed by atoms with Gasteiger partial charge in [-0.15, -0.1) is 0 Å². The van der Waals surface area contributed by atoms with Gasteiger partial charge in [-0.3, -0.25) is 9.69 Å². The molecule has 0 aromatic heterocycles. The second-order valence-electron chi connectivity index (χ2n) is 5.82. The second-order valence-corrected chi connectivity index (χ2v) is 5.82. The van der Waals surface area contributed by atoms with E-state index in [4.69, 9.17) is 4.74 Å². The molecule has 98 valence electrons. The molecule has 0 bridgehead atoms. The van der Waals surface area contributed by atoms with Crippen LogP contribution >= 0.6 is 0 Å². The summed E-state index contributed by atoms with van der Waals surface area (Å²) in [6.45, 7) is 9.52. The van der Waals surface area contributed by atoms with Gasteiger partial charge in [0.05, 0.1) is 37.4 Å². The predicted molar refractivity (Wildman–Crippen MR) is 63.7 cm³/mol. The molecule has 0 spiro atoms. The van der Waals surface area contributed by atoms with Crippen LogP contribution in [0.1, 0.15) is 20.8 Å². The van der Waals surface area contributed by atoms with Crippen LogP contribution < -0.4 is 0 Å². The number of carbonyl (C=O) groups excluding carboxylic acids is 1. The van der Waals surface area contributed by atoms with Crippen molar-refractivity contribution in [1.82, 2.24) is 9.80 Å². The quantitative estimate of drug-likeness (QED) is 0.722. The van der Waals surface area contributed by atoms with Crippen molar-refractivity contribution in [2.75, 3.05) is 39.4 Å².